The summed E-state index contributed by atoms with van der Waals surface area (Å²) in [5.74, 6) is -0.430. The van der Waals surface area contributed by atoms with Crippen molar-refractivity contribution in [3.8, 4) is 0 Å². The molecule has 0 saturated heterocycles. The van der Waals surface area contributed by atoms with E-state index >= 15 is 0 Å². The Morgan fingerprint density at radius 2 is 2.19 bits per heavy atom. The largest absolute Gasteiger partial charge is 0.468 e. The highest BCUT2D eigenvalue weighted by atomic mass is 16.5. The van der Waals surface area contributed by atoms with Crippen molar-refractivity contribution < 1.29 is 14.7 Å². The number of benzene rings is 1. The normalized spacial score (nSPS) is 12.6. The summed E-state index contributed by atoms with van der Waals surface area (Å²) in [7, 11) is 1.31. The first-order valence-electron chi connectivity index (χ1n) is 4.77. The molecule has 1 unspecified atom stereocenters. The second-order valence-electron chi connectivity index (χ2n) is 3.32. The molecular formula is C11H14N2O3. The molecule has 0 saturated carbocycles. The number of oxime groups is 1. The lowest BCUT2D eigenvalue weighted by Crippen LogP contribution is -2.33. The number of hydrogen-bond donors (Lipinski definition) is 2. The Bertz CT molecular complexity index is 373. The van der Waals surface area contributed by atoms with E-state index < -0.39 is 12.0 Å². The van der Waals surface area contributed by atoms with Crippen LogP contribution in [0.15, 0.2) is 29.4 Å². The van der Waals surface area contributed by atoms with E-state index in [0.29, 0.717) is 6.42 Å². The number of carbonyl (C=O) groups is 1. The molecule has 0 radical (unpaired) electrons. The van der Waals surface area contributed by atoms with Gasteiger partial charge in [-0.1, -0.05) is 29.4 Å². The van der Waals surface area contributed by atoms with Gasteiger partial charge in [-0.15, -0.1) is 0 Å². The van der Waals surface area contributed by atoms with Crippen LogP contribution in [-0.2, 0) is 16.0 Å². The van der Waals surface area contributed by atoms with Crippen LogP contribution in [0.25, 0.3) is 0 Å². The van der Waals surface area contributed by atoms with Crippen molar-refractivity contribution in [2.24, 2.45) is 10.9 Å². The third-order valence-corrected chi connectivity index (χ3v) is 2.15. The highest BCUT2D eigenvalue weighted by molar-refractivity contribution is 5.79. The Balaban J connectivity index is 2.65. The van der Waals surface area contributed by atoms with Gasteiger partial charge in [-0.05, 0) is 17.5 Å². The summed E-state index contributed by atoms with van der Waals surface area (Å²) in [5, 5.41) is 11.2. The summed E-state index contributed by atoms with van der Waals surface area (Å²) in [5.41, 5.74) is 7.32. The monoisotopic (exact) mass is 222 g/mol. The van der Waals surface area contributed by atoms with Gasteiger partial charge in [0.15, 0.2) is 0 Å². The van der Waals surface area contributed by atoms with Gasteiger partial charge in [-0.25, -0.2) is 0 Å². The molecule has 0 aliphatic heterocycles. The Morgan fingerprint density at radius 1 is 1.56 bits per heavy atom. The minimum absolute atomic E-state index is 0.420. The number of esters is 1. The number of methoxy groups -OCH3 is 1. The fourth-order valence-corrected chi connectivity index (χ4v) is 1.30. The van der Waals surface area contributed by atoms with Crippen LogP contribution in [0.2, 0.25) is 0 Å². The predicted molar refractivity (Wildman–Crippen MR) is 59.5 cm³/mol. The van der Waals surface area contributed by atoms with Gasteiger partial charge < -0.3 is 15.7 Å². The zero-order valence-electron chi connectivity index (χ0n) is 8.96. The zero-order valence-corrected chi connectivity index (χ0v) is 8.96. The second kappa shape index (κ2) is 5.87. The van der Waals surface area contributed by atoms with Crippen LogP contribution >= 0.6 is 0 Å². The summed E-state index contributed by atoms with van der Waals surface area (Å²) < 4.78 is 4.53. The molecule has 5 heteroatoms. The fraction of sp³-hybridized carbons (Fsp3) is 0.273. The molecule has 16 heavy (non-hydrogen) atoms. The number of nitrogens with two attached hydrogens (primary N) is 1. The van der Waals surface area contributed by atoms with Gasteiger partial charge in [0.1, 0.15) is 6.04 Å². The molecule has 1 rings (SSSR count). The van der Waals surface area contributed by atoms with Crippen molar-refractivity contribution >= 4 is 12.2 Å². The Kier molecular flexibility index (Phi) is 4.47. The molecular weight excluding hydrogens is 208 g/mol. The minimum atomic E-state index is -0.651. The standard InChI is InChI=1S/C11H14N2O3/c1-16-11(14)10(12)6-8-2-4-9(5-3-8)7-13-15/h2-5,7,10,15H,6,12H2,1H3/b13-7+. The van der Waals surface area contributed by atoms with Gasteiger partial charge in [-0.3, -0.25) is 4.79 Å². The van der Waals surface area contributed by atoms with Crippen LogP contribution in [0, 0.1) is 0 Å². The molecule has 0 aliphatic carbocycles. The van der Waals surface area contributed by atoms with Crippen molar-refractivity contribution in [1.82, 2.24) is 0 Å². The van der Waals surface area contributed by atoms with E-state index in [2.05, 4.69) is 9.89 Å². The average molecular weight is 222 g/mol. The van der Waals surface area contributed by atoms with Crippen molar-refractivity contribution in [3.63, 3.8) is 0 Å². The van der Waals surface area contributed by atoms with Crippen LogP contribution in [0.5, 0.6) is 0 Å². The van der Waals surface area contributed by atoms with E-state index in [1.807, 2.05) is 12.1 Å². The minimum Gasteiger partial charge on any atom is -0.468 e. The molecule has 3 N–H and O–H groups in total. The molecule has 1 aromatic rings. The number of hydrogen-bond acceptors (Lipinski definition) is 5. The third-order valence-electron chi connectivity index (χ3n) is 2.15. The lowest BCUT2D eigenvalue weighted by molar-refractivity contribution is -0.142. The summed E-state index contributed by atoms with van der Waals surface area (Å²) in [4.78, 5) is 11.1. The van der Waals surface area contributed by atoms with Crippen LogP contribution in [0.1, 0.15) is 11.1 Å². The van der Waals surface area contributed by atoms with Gasteiger partial charge in [-0.2, -0.15) is 0 Å². The quantitative estimate of drug-likeness (QED) is 0.337. The molecule has 0 heterocycles. The molecule has 0 aromatic heterocycles. The number of carbonyl (C=O) groups excluding carboxylic acids is 1. The first-order chi connectivity index (χ1) is 7.67. The van der Waals surface area contributed by atoms with E-state index in [9.17, 15) is 4.79 Å². The first kappa shape index (κ1) is 12.2. The first-order valence-corrected chi connectivity index (χ1v) is 4.77. The lowest BCUT2D eigenvalue weighted by atomic mass is 10.1. The summed E-state index contributed by atoms with van der Waals surface area (Å²) in [6.45, 7) is 0. The maximum absolute atomic E-state index is 11.1. The summed E-state index contributed by atoms with van der Waals surface area (Å²) >= 11 is 0. The molecule has 1 atom stereocenters. The van der Waals surface area contributed by atoms with Crippen molar-refractivity contribution in [2.45, 2.75) is 12.5 Å². The van der Waals surface area contributed by atoms with Crippen molar-refractivity contribution in [1.29, 1.82) is 0 Å². The number of ether oxygens (including phenoxy) is 1. The molecule has 0 bridgehead atoms. The maximum Gasteiger partial charge on any atom is 0.322 e. The molecule has 86 valence electrons. The van der Waals surface area contributed by atoms with E-state index in [-0.39, 0.29) is 0 Å². The van der Waals surface area contributed by atoms with Crippen LogP contribution in [-0.4, -0.2) is 30.5 Å². The SMILES string of the molecule is COC(=O)C(N)Cc1ccc(/C=N/O)cc1. The Morgan fingerprint density at radius 3 is 2.69 bits per heavy atom. The van der Waals surface area contributed by atoms with Crippen LogP contribution in [0.4, 0.5) is 0 Å². The molecule has 0 fully saturated rings. The average Bonchev–Trinajstić information content (AvgIpc) is 2.31. The van der Waals surface area contributed by atoms with Gasteiger partial charge in [0.2, 0.25) is 0 Å². The van der Waals surface area contributed by atoms with E-state index in [1.54, 1.807) is 12.1 Å². The molecule has 1 aromatic carbocycles. The van der Waals surface area contributed by atoms with Gasteiger partial charge in [0.05, 0.1) is 13.3 Å². The molecule has 0 aliphatic rings. The van der Waals surface area contributed by atoms with Gasteiger partial charge in [0.25, 0.3) is 0 Å². The summed E-state index contributed by atoms with van der Waals surface area (Å²) in [6, 6.07) is 6.54. The molecule has 0 amide bonds. The van der Waals surface area contributed by atoms with Crippen LogP contribution in [0.3, 0.4) is 0 Å². The topological polar surface area (TPSA) is 84.9 Å². The van der Waals surface area contributed by atoms with E-state index in [0.717, 1.165) is 11.1 Å². The fourth-order valence-electron chi connectivity index (χ4n) is 1.30. The van der Waals surface area contributed by atoms with E-state index in [4.69, 9.17) is 10.9 Å². The van der Waals surface area contributed by atoms with E-state index in [1.165, 1.54) is 13.3 Å². The smallest absolute Gasteiger partial charge is 0.322 e. The maximum atomic E-state index is 11.1. The lowest BCUT2D eigenvalue weighted by Gasteiger charge is -2.08. The Labute approximate surface area is 93.5 Å². The van der Waals surface area contributed by atoms with Crippen molar-refractivity contribution in [3.05, 3.63) is 35.4 Å². The van der Waals surface area contributed by atoms with Crippen molar-refractivity contribution in [2.75, 3.05) is 7.11 Å². The highest BCUT2D eigenvalue weighted by Crippen LogP contribution is 2.05. The second-order valence-corrected chi connectivity index (χ2v) is 3.32. The predicted octanol–water partition coefficient (Wildman–Crippen LogP) is 0.537. The van der Waals surface area contributed by atoms with Crippen LogP contribution < -0.4 is 5.73 Å². The van der Waals surface area contributed by atoms with Gasteiger partial charge >= 0.3 is 5.97 Å². The van der Waals surface area contributed by atoms with Gasteiger partial charge in [0, 0.05) is 0 Å². The third kappa shape index (κ3) is 3.36. The zero-order chi connectivity index (χ0) is 12.0. The Hall–Kier alpha value is -1.88. The molecule has 0 spiro atoms. The number of rotatable bonds is 4. The summed E-state index contributed by atoms with van der Waals surface area (Å²) in [6.07, 6.45) is 1.74. The number of nitrogens with zero attached hydrogens (tertiary/aromatic N) is 1. The molecule has 5 nitrogen and oxygen atoms in total. The highest BCUT2D eigenvalue weighted by Gasteiger charge is 2.13.